The van der Waals surface area contributed by atoms with Gasteiger partial charge in [0.15, 0.2) is 12.4 Å². The number of carboxylic acid groups (broad SMARTS) is 1. The predicted octanol–water partition coefficient (Wildman–Crippen LogP) is 3.70. The van der Waals surface area contributed by atoms with E-state index in [0.29, 0.717) is 18.4 Å². The zero-order valence-electron chi connectivity index (χ0n) is 33.8. The van der Waals surface area contributed by atoms with E-state index in [1.54, 1.807) is 26.0 Å². The lowest BCUT2D eigenvalue weighted by Gasteiger charge is -2.43. The third-order valence-electron chi connectivity index (χ3n) is 10.3. The fourth-order valence-corrected chi connectivity index (χ4v) is 6.99. The molecule has 0 aromatic heterocycles. The van der Waals surface area contributed by atoms with Gasteiger partial charge in [0.2, 0.25) is 6.10 Å². The lowest BCUT2D eigenvalue weighted by Crippen LogP contribution is -2.59. The summed E-state index contributed by atoms with van der Waals surface area (Å²) in [6.45, 7) is 3.84. The van der Waals surface area contributed by atoms with Crippen LogP contribution in [0.4, 0.5) is 0 Å². The van der Waals surface area contributed by atoms with Gasteiger partial charge < -0.3 is 59.4 Å². The van der Waals surface area contributed by atoms with Crippen molar-refractivity contribution in [2.24, 2.45) is 5.92 Å². The van der Waals surface area contributed by atoms with Gasteiger partial charge in [-0.3, -0.25) is 9.59 Å². The second-order valence-corrected chi connectivity index (χ2v) is 15.0. The van der Waals surface area contributed by atoms with Crippen molar-refractivity contribution in [1.29, 1.82) is 0 Å². The third kappa shape index (κ3) is 17.2. The molecule has 1 aromatic rings. The zero-order chi connectivity index (χ0) is 42.5. The third-order valence-corrected chi connectivity index (χ3v) is 10.3. The van der Waals surface area contributed by atoms with E-state index in [1.807, 2.05) is 0 Å². The number of carbonyl (C=O) groups excluding carboxylic acids is 3. The molecule has 0 bridgehead atoms. The van der Waals surface area contributed by atoms with Gasteiger partial charge in [0.25, 0.3) is 0 Å². The number of benzene rings is 1. The Morgan fingerprint density at radius 2 is 1.37 bits per heavy atom. The van der Waals surface area contributed by atoms with Crippen molar-refractivity contribution in [3.05, 3.63) is 29.3 Å². The highest BCUT2D eigenvalue weighted by Gasteiger charge is 2.48. The minimum absolute atomic E-state index is 0.000582. The fraction of sp³-hybridized carbons (Fsp3) is 0.756. The standard InChI is InChI=1S/C41H66O16/c1-25(19-16-14-12-10-8-6-5-7-9-11-13-15-17-20-29-21-18-22-30(46)33(29)39(50)51)53-40(52)37(54-27(3)44)36(49)35(48)32(24-43)57-41-38(55-28(4)45)34(47)26(2)31(23-42)56-41/h18,21-22,25-26,31-32,34-38,41-43,46-49H,5-17,19-20,23-24H2,1-4H3,(H,50,51). The van der Waals surface area contributed by atoms with Crippen LogP contribution in [-0.4, -0.2) is 128 Å². The minimum Gasteiger partial charge on any atom is -0.507 e. The van der Waals surface area contributed by atoms with E-state index < -0.39 is 98.1 Å². The maximum absolute atomic E-state index is 13.1. The molecule has 1 heterocycles. The Morgan fingerprint density at radius 1 is 0.807 bits per heavy atom. The zero-order valence-corrected chi connectivity index (χ0v) is 33.8. The number of aromatic hydroxyl groups is 1. The van der Waals surface area contributed by atoms with Crippen molar-refractivity contribution in [2.45, 2.75) is 179 Å². The summed E-state index contributed by atoms with van der Waals surface area (Å²) in [5.41, 5.74) is 0.670. The van der Waals surface area contributed by atoms with Gasteiger partial charge in [0.1, 0.15) is 35.7 Å². The molecule has 16 nitrogen and oxygen atoms in total. The summed E-state index contributed by atoms with van der Waals surface area (Å²) in [6.07, 6.45) is 1.08. The number of carbonyl (C=O) groups is 4. The van der Waals surface area contributed by atoms with E-state index in [2.05, 4.69) is 0 Å². The van der Waals surface area contributed by atoms with E-state index >= 15 is 0 Å². The van der Waals surface area contributed by atoms with Crippen LogP contribution in [-0.2, 0) is 44.5 Å². The highest BCUT2D eigenvalue weighted by atomic mass is 16.7. The molecule has 326 valence electrons. The van der Waals surface area contributed by atoms with Gasteiger partial charge in [-0.2, -0.15) is 0 Å². The van der Waals surface area contributed by atoms with E-state index in [4.69, 9.17) is 23.7 Å². The van der Waals surface area contributed by atoms with Crippen molar-refractivity contribution < 1.29 is 78.6 Å². The van der Waals surface area contributed by atoms with Crippen molar-refractivity contribution >= 4 is 23.9 Å². The first kappa shape index (κ1) is 49.8. The number of esters is 3. The molecule has 0 radical (unpaired) electrons. The maximum atomic E-state index is 13.1. The van der Waals surface area contributed by atoms with Crippen LogP contribution in [0.5, 0.6) is 5.75 Å². The van der Waals surface area contributed by atoms with Gasteiger partial charge >= 0.3 is 23.9 Å². The molecule has 0 saturated carbocycles. The number of hydrogen-bond acceptors (Lipinski definition) is 15. The summed E-state index contributed by atoms with van der Waals surface area (Å²) in [6, 6.07) is 4.83. The monoisotopic (exact) mass is 814 g/mol. The summed E-state index contributed by atoms with van der Waals surface area (Å²) < 4.78 is 26.9. The first-order valence-corrected chi connectivity index (χ1v) is 20.3. The quantitative estimate of drug-likeness (QED) is 0.0362. The maximum Gasteiger partial charge on any atom is 0.350 e. The Kier molecular flexibility index (Phi) is 23.2. The molecule has 16 heteroatoms. The molecule has 1 aromatic carbocycles. The van der Waals surface area contributed by atoms with Gasteiger partial charge in [-0.05, 0) is 44.2 Å². The molecule has 10 unspecified atom stereocenters. The molecular formula is C41H66O16. The number of aliphatic hydroxyl groups is 5. The van der Waals surface area contributed by atoms with Crippen LogP contribution in [0.15, 0.2) is 18.2 Å². The molecule has 1 aliphatic heterocycles. The number of aryl methyl sites for hydroxylation is 1. The normalized spacial score (nSPS) is 22.2. The molecule has 1 aliphatic rings. The van der Waals surface area contributed by atoms with Crippen molar-refractivity contribution in [1.82, 2.24) is 0 Å². The van der Waals surface area contributed by atoms with Crippen LogP contribution in [0.1, 0.15) is 134 Å². The average Bonchev–Trinajstić information content (AvgIpc) is 3.15. The number of aliphatic hydroxyl groups excluding tert-OH is 5. The van der Waals surface area contributed by atoms with Gasteiger partial charge in [-0.25, -0.2) is 9.59 Å². The molecule has 7 N–H and O–H groups in total. The SMILES string of the molecule is CC(=O)OC(C(=O)OC(C)CCCCCCCCCCCCCCCc1cccc(O)c1C(=O)O)C(O)C(O)C(CO)OC1OC(CO)C(C)C(O)C1OC(C)=O. The molecular weight excluding hydrogens is 748 g/mol. The Labute approximate surface area is 335 Å². The van der Waals surface area contributed by atoms with Crippen LogP contribution >= 0.6 is 0 Å². The van der Waals surface area contributed by atoms with Crippen molar-refractivity contribution in [3.63, 3.8) is 0 Å². The Balaban J connectivity index is 1.68. The van der Waals surface area contributed by atoms with Crippen LogP contribution in [0.25, 0.3) is 0 Å². The lowest BCUT2D eigenvalue weighted by atomic mass is 9.90. The number of rotatable bonds is 28. The summed E-state index contributed by atoms with van der Waals surface area (Å²) >= 11 is 0. The first-order valence-electron chi connectivity index (χ1n) is 20.3. The van der Waals surface area contributed by atoms with E-state index in [9.17, 15) is 54.9 Å². The lowest BCUT2D eigenvalue weighted by molar-refractivity contribution is -0.314. The highest BCUT2D eigenvalue weighted by Crippen LogP contribution is 2.30. The molecule has 2 rings (SSSR count). The van der Waals surface area contributed by atoms with Crippen LogP contribution in [0.2, 0.25) is 0 Å². The van der Waals surface area contributed by atoms with Gasteiger partial charge in [-0.15, -0.1) is 0 Å². The summed E-state index contributed by atoms with van der Waals surface area (Å²) in [7, 11) is 0. The smallest absolute Gasteiger partial charge is 0.350 e. The molecule has 0 spiro atoms. The van der Waals surface area contributed by atoms with Crippen LogP contribution in [0, 0.1) is 5.92 Å². The number of phenols is 1. The van der Waals surface area contributed by atoms with Crippen molar-refractivity contribution in [3.8, 4) is 5.75 Å². The Bertz CT molecular complexity index is 1360. The number of carboxylic acids is 1. The second-order valence-electron chi connectivity index (χ2n) is 15.0. The molecule has 1 saturated heterocycles. The average molecular weight is 815 g/mol. The molecule has 0 aliphatic carbocycles. The first-order chi connectivity index (χ1) is 27.1. The van der Waals surface area contributed by atoms with Crippen LogP contribution < -0.4 is 0 Å². The van der Waals surface area contributed by atoms with E-state index in [1.165, 1.54) is 18.9 Å². The minimum atomic E-state index is -2.13. The summed E-state index contributed by atoms with van der Waals surface area (Å²) in [4.78, 5) is 48.0. The molecule has 57 heavy (non-hydrogen) atoms. The molecule has 0 amide bonds. The number of aromatic carboxylic acids is 1. The highest BCUT2D eigenvalue weighted by molar-refractivity contribution is 5.92. The topological polar surface area (TPSA) is 256 Å². The Hall–Kier alpha value is -3.38. The van der Waals surface area contributed by atoms with Gasteiger partial charge in [0.05, 0.1) is 25.4 Å². The number of unbranched alkanes of at least 4 members (excludes halogenated alkanes) is 12. The van der Waals surface area contributed by atoms with Crippen molar-refractivity contribution in [2.75, 3.05) is 13.2 Å². The van der Waals surface area contributed by atoms with E-state index in [-0.39, 0.29) is 11.3 Å². The van der Waals surface area contributed by atoms with E-state index in [0.717, 1.165) is 84.5 Å². The second kappa shape index (κ2) is 26.6. The van der Waals surface area contributed by atoms with Gasteiger partial charge in [-0.1, -0.05) is 89.7 Å². The largest absolute Gasteiger partial charge is 0.507 e. The Morgan fingerprint density at radius 3 is 1.88 bits per heavy atom. The molecule has 10 atom stereocenters. The fourth-order valence-electron chi connectivity index (χ4n) is 6.99. The molecule has 1 fully saturated rings. The summed E-state index contributed by atoms with van der Waals surface area (Å²) in [5, 5.41) is 71.5. The predicted molar refractivity (Wildman–Crippen MR) is 205 cm³/mol. The van der Waals surface area contributed by atoms with Gasteiger partial charge in [0, 0.05) is 19.8 Å². The number of ether oxygens (including phenoxy) is 5. The van der Waals surface area contributed by atoms with Crippen LogP contribution in [0.3, 0.4) is 0 Å². The number of hydrogen-bond donors (Lipinski definition) is 7. The summed E-state index contributed by atoms with van der Waals surface area (Å²) in [5.74, 6) is -4.82.